The van der Waals surface area contributed by atoms with Gasteiger partial charge in [0.05, 0.1) is 19.3 Å². The first-order chi connectivity index (χ1) is 25.5. The molecule has 0 saturated carbocycles. The Kier molecular flexibility index (Phi) is 18.2. The molecule has 1 aromatic heterocycles. The van der Waals surface area contributed by atoms with Crippen molar-refractivity contribution in [2.24, 2.45) is 0 Å². The fraction of sp³-hybridized carbons (Fsp3) is 0.763. The summed E-state index contributed by atoms with van der Waals surface area (Å²) in [5, 5.41) is 84.6. The van der Waals surface area contributed by atoms with Gasteiger partial charge in [-0.05, 0) is 49.9 Å². The van der Waals surface area contributed by atoms with Gasteiger partial charge in [-0.25, -0.2) is 0 Å². The highest BCUT2D eigenvalue weighted by atomic mass is 16.7. The lowest BCUT2D eigenvalue weighted by Gasteiger charge is -2.42. The Morgan fingerprint density at radius 2 is 1.38 bits per heavy atom. The number of hydrogen-bond acceptors (Lipinski definition) is 13. The van der Waals surface area contributed by atoms with Crippen molar-refractivity contribution in [2.45, 2.75) is 164 Å². The Labute approximate surface area is 311 Å². The van der Waals surface area contributed by atoms with E-state index in [0.717, 1.165) is 48.6 Å². The fourth-order valence-corrected chi connectivity index (χ4v) is 6.86. The first-order valence-corrected chi connectivity index (χ1v) is 19.3. The maximum atomic E-state index is 12.5. The lowest BCUT2D eigenvalue weighted by atomic mass is 9.98. The molecule has 2 aliphatic rings. The Bertz CT molecular complexity index is 1340. The van der Waals surface area contributed by atoms with Gasteiger partial charge in [0.2, 0.25) is 12.2 Å². The smallest absolute Gasteiger partial charge is 0.229 e. The summed E-state index contributed by atoms with van der Waals surface area (Å²) in [4.78, 5) is 15.7. The summed E-state index contributed by atoms with van der Waals surface area (Å²) in [7, 11) is 0. The van der Waals surface area contributed by atoms with Crippen LogP contribution in [0.4, 0.5) is 0 Å². The molecule has 0 bridgehead atoms. The van der Waals surface area contributed by atoms with Gasteiger partial charge >= 0.3 is 0 Å². The zero-order valence-electron chi connectivity index (χ0n) is 30.8. The Balaban J connectivity index is 1.16. The van der Waals surface area contributed by atoms with E-state index in [1.54, 1.807) is 18.2 Å². The molecule has 2 saturated heterocycles. The van der Waals surface area contributed by atoms with Crippen LogP contribution in [-0.4, -0.2) is 139 Å². The monoisotopic (exact) mass is 754 g/mol. The average Bonchev–Trinajstić information content (AvgIpc) is 3.54. The second kappa shape index (κ2) is 22.2. The van der Waals surface area contributed by atoms with E-state index in [0.29, 0.717) is 25.1 Å². The minimum atomic E-state index is -1.68. The number of carbonyl (C=O) groups excluding carboxylic acids is 1. The highest BCUT2D eigenvalue weighted by molar-refractivity contribution is 5.84. The number of H-pyrrole nitrogens is 1. The van der Waals surface area contributed by atoms with Crippen molar-refractivity contribution in [3.63, 3.8) is 0 Å². The van der Waals surface area contributed by atoms with E-state index in [9.17, 15) is 45.6 Å². The Morgan fingerprint density at radius 1 is 0.792 bits per heavy atom. The van der Waals surface area contributed by atoms with Crippen LogP contribution >= 0.6 is 0 Å². The van der Waals surface area contributed by atoms with Crippen LogP contribution in [0.1, 0.15) is 96.0 Å². The van der Waals surface area contributed by atoms with Gasteiger partial charge in [0.1, 0.15) is 54.6 Å². The van der Waals surface area contributed by atoms with Crippen molar-refractivity contribution in [2.75, 3.05) is 19.8 Å². The number of unbranched alkanes of at least 4 members (excludes halogenated alkanes) is 10. The molecular formula is C38H62N2O13. The normalized spacial score (nSPS) is 29.7. The van der Waals surface area contributed by atoms with Gasteiger partial charge < -0.3 is 70.1 Å². The molecule has 15 nitrogen and oxygen atoms in total. The van der Waals surface area contributed by atoms with E-state index in [-0.39, 0.29) is 12.0 Å². The molecule has 302 valence electrons. The van der Waals surface area contributed by atoms with Crippen molar-refractivity contribution in [1.82, 2.24) is 10.3 Å². The molecular weight excluding hydrogens is 692 g/mol. The van der Waals surface area contributed by atoms with Gasteiger partial charge in [-0.1, -0.05) is 64.2 Å². The number of ether oxygens (including phenoxy) is 4. The number of aromatic amines is 1. The van der Waals surface area contributed by atoms with Crippen LogP contribution in [0.2, 0.25) is 0 Å². The van der Waals surface area contributed by atoms with Crippen LogP contribution < -0.4 is 10.1 Å². The molecule has 2 aromatic rings. The number of aliphatic hydroxyl groups excluding tert-OH is 8. The zero-order chi connectivity index (χ0) is 38.3. The molecule has 53 heavy (non-hydrogen) atoms. The van der Waals surface area contributed by atoms with Crippen LogP contribution in [-0.2, 0) is 25.4 Å². The van der Waals surface area contributed by atoms with Gasteiger partial charge in [-0.3, -0.25) is 4.79 Å². The number of rotatable bonds is 23. The minimum absolute atomic E-state index is 0.0266. The largest absolute Gasteiger partial charge is 0.462 e. The van der Waals surface area contributed by atoms with E-state index in [1.807, 2.05) is 13.1 Å². The standard InChI is InChI=1S/C38H62N2O13/c1-23(42)13-11-9-7-5-3-2-4-6-8-10-12-14-30(43)39-18-17-24-20-40-27-16-15-25(19-26(24)27)51-38-36(49)34(47)32(45)29(53-38)22-50-37-35(48)33(46)31(44)28(21-41)52-37/h15-16,19-20,23,28-29,31-38,40-42,44-49H,2-14,17-18,21-22H2,1H3,(H,39,43)/t23?,28?,29?,31-,32-,33?,34?,35?,36?,37+,38+/m1/s1. The van der Waals surface area contributed by atoms with Gasteiger partial charge in [-0.15, -0.1) is 0 Å². The molecule has 0 radical (unpaired) electrons. The summed E-state index contributed by atoms with van der Waals surface area (Å²) < 4.78 is 22.5. The second-order valence-electron chi connectivity index (χ2n) is 14.6. The lowest BCUT2D eigenvalue weighted by molar-refractivity contribution is -0.323. The molecule has 7 unspecified atom stereocenters. The SMILES string of the molecule is CC(O)CCCCCCCCCCCCCC(=O)NCCc1c[nH]c2ccc(O[C@H]3OC(CO[C@H]4OC(CO)[C@@H](O)C(O)C4O)[C@@H](O)C(O)C3O)cc12. The summed E-state index contributed by atoms with van der Waals surface area (Å²) in [5.41, 5.74) is 1.77. The number of carbonyl (C=O) groups is 1. The van der Waals surface area contributed by atoms with Crippen LogP contribution in [0.5, 0.6) is 5.75 Å². The number of fused-ring (bicyclic) bond motifs is 1. The summed E-state index contributed by atoms with van der Waals surface area (Å²) >= 11 is 0. The molecule has 10 N–H and O–H groups in total. The van der Waals surface area contributed by atoms with Crippen molar-refractivity contribution >= 4 is 16.8 Å². The minimum Gasteiger partial charge on any atom is -0.462 e. The quantitative estimate of drug-likeness (QED) is 0.0720. The maximum absolute atomic E-state index is 12.5. The number of aliphatic hydroxyl groups is 8. The molecule has 3 heterocycles. The van der Waals surface area contributed by atoms with Crippen LogP contribution in [0.25, 0.3) is 10.9 Å². The van der Waals surface area contributed by atoms with Crippen LogP contribution in [0.15, 0.2) is 24.4 Å². The van der Waals surface area contributed by atoms with E-state index in [4.69, 9.17) is 18.9 Å². The van der Waals surface area contributed by atoms with Crippen molar-refractivity contribution in [1.29, 1.82) is 0 Å². The van der Waals surface area contributed by atoms with Crippen LogP contribution in [0.3, 0.4) is 0 Å². The first kappa shape index (κ1) is 43.3. The number of nitrogens with one attached hydrogen (secondary N) is 2. The van der Waals surface area contributed by atoms with E-state index in [1.165, 1.54) is 44.9 Å². The third kappa shape index (κ3) is 13.1. The highest BCUT2D eigenvalue weighted by Crippen LogP contribution is 2.29. The summed E-state index contributed by atoms with van der Waals surface area (Å²) in [6.07, 6.45) is 1.31. The summed E-state index contributed by atoms with van der Waals surface area (Å²) in [5.74, 6) is 0.339. The van der Waals surface area contributed by atoms with Gasteiger partial charge in [0, 0.05) is 30.1 Å². The van der Waals surface area contributed by atoms with E-state index < -0.39 is 74.6 Å². The van der Waals surface area contributed by atoms with Gasteiger partial charge in [0.15, 0.2) is 6.29 Å². The average molecular weight is 755 g/mol. The molecule has 15 heteroatoms. The summed E-state index contributed by atoms with van der Waals surface area (Å²) in [6, 6.07) is 5.18. The van der Waals surface area contributed by atoms with E-state index >= 15 is 0 Å². The third-order valence-corrected chi connectivity index (χ3v) is 10.2. The fourth-order valence-electron chi connectivity index (χ4n) is 6.86. The molecule has 4 rings (SSSR count). The molecule has 2 aliphatic heterocycles. The Morgan fingerprint density at radius 3 is 2.02 bits per heavy atom. The summed E-state index contributed by atoms with van der Waals surface area (Å²) in [6.45, 7) is 1.19. The highest BCUT2D eigenvalue weighted by Gasteiger charge is 2.48. The molecule has 11 atom stereocenters. The number of aromatic nitrogens is 1. The molecule has 2 fully saturated rings. The predicted octanol–water partition coefficient (Wildman–Crippen LogP) is 1.28. The number of benzene rings is 1. The topological polar surface area (TPSA) is 244 Å². The van der Waals surface area contributed by atoms with Crippen molar-refractivity contribution < 1.29 is 64.6 Å². The predicted molar refractivity (Wildman–Crippen MR) is 194 cm³/mol. The van der Waals surface area contributed by atoms with Crippen molar-refractivity contribution in [3.8, 4) is 5.75 Å². The maximum Gasteiger partial charge on any atom is 0.229 e. The third-order valence-electron chi connectivity index (χ3n) is 10.2. The number of amides is 1. The molecule has 0 aliphatic carbocycles. The molecule has 0 spiro atoms. The van der Waals surface area contributed by atoms with Crippen LogP contribution in [0, 0.1) is 0 Å². The second-order valence-corrected chi connectivity index (χ2v) is 14.6. The number of hydrogen-bond donors (Lipinski definition) is 10. The molecule has 1 aromatic carbocycles. The van der Waals surface area contributed by atoms with Gasteiger partial charge in [0.25, 0.3) is 0 Å². The van der Waals surface area contributed by atoms with E-state index in [2.05, 4.69) is 10.3 Å². The van der Waals surface area contributed by atoms with Crippen molar-refractivity contribution in [3.05, 3.63) is 30.0 Å². The first-order valence-electron chi connectivity index (χ1n) is 19.3. The lowest BCUT2D eigenvalue weighted by Crippen LogP contribution is -2.62. The molecule has 1 amide bonds. The van der Waals surface area contributed by atoms with Gasteiger partial charge in [-0.2, -0.15) is 0 Å². The zero-order valence-corrected chi connectivity index (χ0v) is 30.8. The Hall–Kier alpha value is -2.41.